The fourth-order valence-electron chi connectivity index (χ4n) is 4.01. The Morgan fingerprint density at radius 1 is 1.11 bits per heavy atom. The molecule has 0 aliphatic carbocycles. The number of amides is 2. The second-order valence-electron chi connectivity index (χ2n) is 8.35. The summed E-state index contributed by atoms with van der Waals surface area (Å²) in [5, 5.41) is 5.89. The van der Waals surface area contributed by atoms with Crippen molar-refractivity contribution in [2.75, 3.05) is 44.2 Å². The van der Waals surface area contributed by atoms with Crippen LogP contribution < -0.4 is 15.5 Å². The lowest BCUT2D eigenvalue weighted by Gasteiger charge is -2.31. The third kappa shape index (κ3) is 6.38. The van der Waals surface area contributed by atoms with Crippen LogP contribution in [0.25, 0.3) is 0 Å². The summed E-state index contributed by atoms with van der Waals surface area (Å²) in [6.45, 7) is 11.2. The lowest BCUT2D eigenvalue weighted by atomic mass is 9.99. The topological polar surface area (TPSA) is 60.5 Å². The summed E-state index contributed by atoms with van der Waals surface area (Å²) in [5.74, 6) is 2.64. The molecule has 3 heterocycles. The molecule has 2 N–H and O–H groups in total. The van der Waals surface area contributed by atoms with E-state index in [1.807, 2.05) is 6.20 Å². The second kappa shape index (κ2) is 9.93. The molecule has 1 aromatic rings. The van der Waals surface area contributed by atoms with E-state index in [4.69, 9.17) is 0 Å². The highest BCUT2D eigenvalue weighted by atomic mass is 16.2. The standard InChI is InChI=1S/C21H35N5O/c1-17-7-11-26(12-8-17)20-6-5-19(14-23-20)15-24-21(27)22-9-13-25-10-3-4-18(2)16-25/h5-6,14,17-18H,3-4,7-13,15-16H2,1-2H3,(H2,22,24,27). The quantitative estimate of drug-likeness (QED) is 0.805. The van der Waals surface area contributed by atoms with Crippen LogP contribution in [0, 0.1) is 11.8 Å². The zero-order chi connectivity index (χ0) is 19.1. The van der Waals surface area contributed by atoms with E-state index in [1.54, 1.807) is 0 Å². The molecule has 1 aromatic heterocycles. The number of carbonyl (C=O) groups excluding carboxylic acids is 1. The number of hydrogen-bond acceptors (Lipinski definition) is 4. The molecule has 0 aromatic carbocycles. The summed E-state index contributed by atoms with van der Waals surface area (Å²) in [6, 6.07) is 4.03. The molecular formula is C21H35N5O. The van der Waals surface area contributed by atoms with Crippen LogP contribution in [0.5, 0.6) is 0 Å². The minimum atomic E-state index is -0.103. The van der Waals surface area contributed by atoms with E-state index in [0.29, 0.717) is 13.1 Å². The van der Waals surface area contributed by atoms with Crippen molar-refractivity contribution in [2.45, 2.75) is 46.1 Å². The molecule has 2 amide bonds. The van der Waals surface area contributed by atoms with Crippen LogP contribution in [-0.4, -0.2) is 55.2 Å². The molecule has 2 aliphatic heterocycles. The summed E-state index contributed by atoms with van der Waals surface area (Å²) in [5.41, 5.74) is 1.03. The van der Waals surface area contributed by atoms with Crippen LogP contribution in [0.3, 0.4) is 0 Å². The summed E-state index contributed by atoms with van der Waals surface area (Å²) in [6.07, 6.45) is 6.95. The molecular weight excluding hydrogens is 338 g/mol. The van der Waals surface area contributed by atoms with Crippen molar-refractivity contribution in [3.63, 3.8) is 0 Å². The van der Waals surface area contributed by atoms with Gasteiger partial charge in [-0.2, -0.15) is 0 Å². The average Bonchev–Trinajstić information content (AvgIpc) is 2.68. The molecule has 150 valence electrons. The van der Waals surface area contributed by atoms with Crippen LogP contribution in [0.1, 0.15) is 45.1 Å². The first-order valence-corrected chi connectivity index (χ1v) is 10.5. The number of anilines is 1. The van der Waals surface area contributed by atoms with Crippen LogP contribution in [0.15, 0.2) is 18.3 Å². The smallest absolute Gasteiger partial charge is 0.315 e. The third-order valence-electron chi connectivity index (χ3n) is 5.82. The SMILES string of the molecule is CC1CCN(c2ccc(CNC(=O)NCCN3CCCC(C)C3)cn2)CC1. The monoisotopic (exact) mass is 373 g/mol. The third-order valence-corrected chi connectivity index (χ3v) is 5.82. The van der Waals surface area contributed by atoms with Gasteiger partial charge in [-0.3, -0.25) is 0 Å². The zero-order valence-electron chi connectivity index (χ0n) is 16.9. The number of nitrogens with one attached hydrogen (secondary N) is 2. The maximum Gasteiger partial charge on any atom is 0.315 e. The number of nitrogens with zero attached hydrogens (tertiary/aromatic N) is 3. The van der Waals surface area contributed by atoms with Gasteiger partial charge in [0.1, 0.15) is 5.82 Å². The second-order valence-corrected chi connectivity index (χ2v) is 8.35. The number of pyridine rings is 1. The highest BCUT2D eigenvalue weighted by Gasteiger charge is 2.17. The van der Waals surface area contributed by atoms with E-state index in [-0.39, 0.29) is 6.03 Å². The van der Waals surface area contributed by atoms with E-state index in [9.17, 15) is 4.79 Å². The first kappa shape index (κ1) is 19.9. The highest BCUT2D eigenvalue weighted by Crippen LogP contribution is 2.21. The van der Waals surface area contributed by atoms with Crippen LogP contribution in [-0.2, 0) is 6.54 Å². The van der Waals surface area contributed by atoms with Gasteiger partial charge >= 0.3 is 6.03 Å². The largest absolute Gasteiger partial charge is 0.357 e. The Bertz CT molecular complexity index is 583. The lowest BCUT2D eigenvalue weighted by molar-refractivity contribution is 0.184. The number of aromatic nitrogens is 1. The normalized spacial score (nSPS) is 21.9. The van der Waals surface area contributed by atoms with Gasteiger partial charge in [0.05, 0.1) is 0 Å². The van der Waals surface area contributed by atoms with Gasteiger partial charge in [-0.25, -0.2) is 9.78 Å². The van der Waals surface area contributed by atoms with Gasteiger partial charge in [0.25, 0.3) is 0 Å². The number of likely N-dealkylation sites (tertiary alicyclic amines) is 1. The molecule has 27 heavy (non-hydrogen) atoms. The summed E-state index contributed by atoms with van der Waals surface area (Å²) < 4.78 is 0. The van der Waals surface area contributed by atoms with Crippen molar-refractivity contribution in [1.82, 2.24) is 20.5 Å². The molecule has 0 bridgehead atoms. The summed E-state index contributed by atoms with van der Waals surface area (Å²) >= 11 is 0. The predicted molar refractivity (Wildman–Crippen MR) is 110 cm³/mol. The fourth-order valence-corrected chi connectivity index (χ4v) is 4.01. The van der Waals surface area contributed by atoms with Crippen LogP contribution in [0.4, 0.5) is 10.6 Å². The van der Waals surface area contributed by atoms with Crippen molar-refractivity contribution < 1.29 is 4.79 Å². The minimum absolute atomic E-state index is 0.103. The molecule has 0 radical (unpaired) electrons. The molecule has 3 rings (SSSR count). The number of piperidine rings is 2. The molecule has 0 spiro atoms. The Kier molecular flexibility index (Phi) is 7.33. The number of carbonyl (C=O) groups is 1. The molecule has 6 heteroatoms. The minimum Gasteiger partial charge on any atom is -0.357 e. The van der Waals surface area contributed by atoms with Crippen molar-refractivity contribution in [2.24, 2.45) is 11.8 Å². The van der Waals surface area contributed by atoms with Gasteiger partial charge in [0.15, 0.2) is 0 Å². The Morgan fingerprint density at radius 2 is 1.93 bits per heavy atom. The van der Waals surface area contributed by atoms with E-state index >= 15 is 0 Å². The molecule has 6 nitrogen and oxygen atoms in total. The van der Waals surface area contributed by atoms with Gasteiger partial charge in [-0.1, -0.05) is 19.9 Å². The Morgan fingerprint density at radius 3 is 2.63 bits per heavy atom. The molecule has 0 saturated carbocycles. The molecule has 2 saturated heterocycles. The van der Waals surface area contributed by atoms with Gasteiger partial charge < -0.3 is 20.4 Å². The van der Waals surface area contributed by atoms with Crippen LogP contribution in [0.2, 0.25) is 0 Å². The van der Waals surface area contributed by atoms with Gasteiger partial charge in [-0.05, 0) is 55.7 Å². The number of rotatable bonds is 6. The summed E-state index contributed by atoms with van der Waals surface area (Å²) in [7, 11) is 0. The maximum absolute atomic E-state index is 12.0. The van der Waals surface area contributed by atoms with E-state index in [1.165, 1.54) is 25.7 Å². The Hall–Kier alpha value is -1.82. The molecule has 1 unspecified atom stereocenters. The van der Waals surface area contributed by atoms with E-state index < -0.39 is 0 Å². The van der Waals surface area contributed by atoms with E-state index in [0.717, 1.165) is 55.9 Å². The first-order valence-electron chi connectivity index (χ1n) is 10.5. The highest BCUT2D eigenvalue weighted by molar-refractivity contribution is 5.73. The Balaban J connectivity index is 1.33. The summed E-state index contributed by atoms with van der Waals surface area (Å²) in [4.78, 5) is 21.4. The number of urea groups is 1. The van der Waals surface area contributed by atoms with E-state index in [2.05, 4.69) is 51.4 Å². The molecule has 2 fully saturated rings. The van der Waals surface area contributed by atoms with Crippen molar-refractivity contribution in [3.8, 4) is 0 Å². The maximum atomic E-state index is 12.0. The average molecular weight is 374 g/mol. The van der Waals surface area contributed by atoms with Crippen molar-refractivity contribution in [1.29, 1.82) is 0 Å². The van der Waals surface area contributed by atoms with Crippen LogP contribution >= 0.6 is 0 Å². The van der Waals surface area contributed by atoms with Gasteiger partial charge in [0.2, 0.25) is 0 Å². The fraction of sp³-hybridized carbons (Fsp3) is 0.714. The van der Waals surface area contributed by atoms with Gasteiger partial charge in [-0.15, -0.1) is 0 Å². The molecule has 1 atom stereocenters. The molecule has 2 aliphatic rings. The zero-order valence-corrected chi connectivity index (χ0v) is 16.9. The first-order chi connectivity index (χ1) is 13.1. The Labute approximate surface area is 163 Å². The van der Waals surface area contributed by atoms with Gasteiger partial charge in [0, 0.05) is 45.5 Å². The lowest BCUT2D eigenvalue weighted by Crippen LogP contribution is -2.42. The van der Waals surface area contributed by atoms with Crippen molar-refractivity contribution in [3.05, 3.63) is 23.9 Å². The van der Waals surface area contributed by atoms with Crippen molar-refractivity contribution >= 4 is 11.8 Å². The predicted octanol–water partition coefficient (Wildman–Crippen LogP) is 2.85. The number of hydrogen-bond donors (Lipinski definition) is 2.